The first-order chi connectivity index (χ1) is 7.67. The van der Waals surface area contributed by atoms with Crippen LogP contribution in [0, 0.1) is 5.92 Å². The summed E-state index contributed by atoms with van der Waals surface area (Å²) in [6.07, 6.45) is 10.9. The van der Waals surface area contributed by atoms with Crippen molar-refractivity contribution in [3.63, 3.8) is 0 Å². The molecule has 0 bridgehead atoms. The van der Waals surface area contributed by atoms with Gasteiger partial charge in [-0.2, -0.15) is 0 Å². The lowest BCUT2D eigenvalue weighted by molar-refractivity contribution is 0.275. The Morgan fingerprint density at radius 2 is 2.06 bits per heavy atom. The highest BCUT2D eigenvalue weighted by Gasteiger charge is 2.48. The summed E-state index contributed by atoms with van der Waals surface area (Å²) in [5.41, 5.74) is 2.00. The lowest BCUT2D eigenvalue weighted by Gasteiger charge is -2.38. The van der Waals surface area contributed by atoms with Crippen LogP contribution in [0.15, 0.2) is 12.2 Å². The number of rotatable bonds is 5. The van der Waals surface area contributed by atoms with Crippen LogP contribution >= 0.6 is 0 Å². The molecular formula is C15H27N. The molecule has 0 amide bonds. The van der Waals surface area contributed by atoms with Gasteiger partial charge in [-0.25, -0.2) is 0 Å². The topological polar surface area (TPSA) is 12.0 Å². The largest absolute Gasteiger partial charge is 0.308 e. The lowest BCUT2D eigenvalue weighted by atomic mass is 9.81. The van der Waals surface area contributed by atoms with Crippen molar-refractivity contribution in [1.82, 2.24) is 5.32 Å². The summed E-state index contributed by atoms with van der Waals surface area (Å²) in [4.78, 5) is 0. The third-order valence-electron chi connectivity index (χ3n) is 4.53. The summed E-state index contributed by atoms with van der Waals surface area (Å²) in [7, 11) is 0. The minimum Gasteiger partial charge on any atom is -0.308 e. The summed E-state index contributed by atoms with van der Waals surface area (Å²) in [5.74, 6) is 0.688. The Morgan fingerprint density at radius 1 is 1.31 bits per heavy atom. The molecule has 0 aromatic heterocycles. The third-order valence-corrected chi connectivity index (χ3v) is 4.53. The van der Waals surface area contributed by atoms with Gasteiger partial charge in [0.1, 0.15) is 0 Å². The van der Waals surface area contributed by atoms with Crippen molar-refractivity contribution >= 4 is 0 Å². The molecule has 2 atom stereocenters. The van der Waals surface area contributed by atoms with E-state index < -0.39 is 0 Å². The predicted molar refractivity (Wildman–Crippen MR) is 70.6 cm³/mol. The molecule has 1 unspecified atom stereocenters. The Balaban J connectivity index is 1.80. The first kappa shape index (κ1) is 12.2. The minimum absolute atomic E-state index is 0.499. The van der Waals surface area contributed by atoms with E-state index in [1.54, 1.807) is 0 Å². The van der Waals surface area contributed by atoms with Crippen molar-refractivity contribution in [3.8, 4) is 0 Å². The van der Waals surface area contributed by atoms with Gasteiger partial charge in [-0.15, -0.1) is 0 Å². The van der Waals surface area contributed by atoms with Crippen LogP contribution in [0.4, 0.5) is 0 Å². The molecule has 1 spiro atoms. The monoisotopic (exact) mass is 221 g/mol. The SMILES string of the molecule is C=C1CC2(CC2)NC(CCCCCC)[C@H]1C. The van der Waals surface area contributed by atoms with Gasteiger partial charge in [0.05, 0.1) is 0 Å². The molecule has 1 aliphatic heterocycles. The second-order valence-corrected chi connectivity index (χ2v) is 6.00. The molecule has 1 heterocycles. The molecule has 16 heavy (non-hydrogen) atoms. The van der Waals surface area contributed by atoms with E-state index in [2.05, 4.69) is 25.7 Å². The zero-order valence-electron chi connectivity index (χ0n) is 11.0. The van der Waals surface area contributed by atoms with E-state index >= 15 is 0 Å². The van der Waals surface area contributed by atoms with Crippen LogP contribution in [0.25, 0.3) is 0 Å². The fraction of sp³-hybridized carbons (Fsp3) is 0.867. The van der Waals surface area contributed by atoms with Gasteiger partial charge in [-0.1, -0.05) is 51.7 Å². The average Bonchev–Trinajstić information content (AvgIpc) is 3.00. The molecule has 2 aliphatic rings. The quantitative estimate of drug-likeness (QED) is 0.545. The predicted octanol–water partition coefficient (Wildman–Crippen LogP) is 4.04. The van der Waals surface area contributed by atoms with Crippen LogP contribution in [0.1, 0.15) is 65.2 Å². The smallest absolute Gasteiger partial charge is 0.0222 e. The fourth-order valence-corrected chi connectivity index (χ4v) is 3.03. The maximum atomic E-state index is 4.29. The van der Waals surface area contributed by atoms with Crippen LogP contribution in [-0.2, 0) is 0 Å². The second-order valence-electron chi connectivity index (χ2n) is 6.00. The molecule has 0 radical (unpaired) electrons. The summed E-state index contributed by atoms with van der Waals surface area (Å²) in [5, 5.41) is 3.90. The normalized spacial score (nSPS) is 32.0. The third kappa shape index (κ3) is 2.68. The van der Waals surface area contributed by atoms with Crippen molar-refractivity contribution < 1.29 is 0 Å². The van der Waals surface area contributed by atoms with Crippen molar-refractivity contribution in [3.05, 3.63) is 12.2 Å². The molecule has 92 valence electrons. The molecule has 1 nitrogen and oxygen atoms in total. The van der Waals surface area contributed by atoms with E-state index in [1.807, 2.05) is 0 Å². The van der Waals surface area contributed by atoms with Gasteiger partial charge >= 0.3 is 0 Å². The van der Waals surface area contributed by atoms with Gasteiger partial charge in [-0.3, -0.25) is 0 Å². The van der Waals surface area contributed by atoms with Crippen LogP contribution in [0.2, 0.25) is 0 Å². The standard InChI is InChI=1S/C15H27N/c1-4-5-6-7-8-14-13(3)12(2)11-15(16-14)9-10-15/h13-14,16H,2,4-11H2,1,3H3/t13-,14?/m0/s1. The number of hydrogen-bond donors (Lipinski definition) is 1. The van der Waals surface area contributed by atoms with Crippen molar-refractivity contribution in [1.29, 1.82) is 0 Å². The summed E-state index contributed by atoms with van der Waals surface area (Å²) < 4.78 is 0. The van der Waals surface area contributed by atoms with Gasteiger partial charge in [0.2, 0.25) is 0 Å². The van der Waals surface area contributed by atoms with Gasteiger partial charge in [-0.05, 0) is 31.6 Å². The van der Waals surface area contributed by atoms with Crippen LogP contribution < -0.4 is 5.32 Å². The summed E-state index contributed by atoms with van der Waals surface area (Å²) in [6, 6.07) is 0.709. The summed E-state index contributed by atoms with van der Waals surface area (Å²) in [6.45, 7) is 8.92. The fourth-order valence-electron chi connectivity index (χ4n) is 3.03. The maximum Gasteiger partial charge on any atom is 0.0222 e. The Labute approximate surface area is 101 Å². The second kappa shape index (κ2) is 4.91. The molecule has 1 heteroatoms. The molecule has 1 saturated heterocycles. The van der Waals surface area contributed by atoms with Crippen molar-refractivity contribution in [2.24, 2.45) is 5.92 Å². The Hall–Kier alpha value is -0.300. The first-order valence-corrected chi connectivity index (χ1v) is 7.12. The van der Waals surface area contributed by atoms with Crippen molar-refractivity contribution in [2.45, 2.75) is 76.8 Å². The summed E-state index contributed by atoms with van der Waals surface area (Å²) >= 11 is 0. The highest BCUT2D eigenvalue weighted by Crippen LogP contribution is 2.47. The van der Waals surface area contributed by atoms with Crippen LogP contribution in [0.3, 0.4) is 0 Å². The molecule has 1 aliphatic carbocycles. The van der Waals surface area contributed by atoms with E-state index in [1.165, 1.54) is 56.9 Å². The molecular weight excluding hydrogens is 194 g/mol. The van der Waals surface area contributed by atoms with Gasteiger partial charge in [0, 0.05) is 11.6 Å². The van der Waals surface area contributed by atoms with E-state index in [0.717, 1.165) is 0 Å². The van der Waals surface area contributed by atoms with E-state index in [-0.39, 0.29) is 0 Å². The number of hydrogen-bond acceptors (Lipinski definition) is 1. The van der Waals surface area contributed by atoms with E-state index in [9.17, 15) is 0 Å². The molecule has 1 saturated carbocycles. The zero-order chi connectivity index (χ0) is 11.6. The molecule has 1 N–H and O–H groups in total. The van der Waals surface area contributed by atoms with Crippen LogP contribution in [-0.4, -0.2) is 11.6 Å². The average molecular weight is 221 g/mol. The molecule has 2 fully saturated rings. The molecule has 0 aromatic rings. The Morgan fingerprint density at radius 3 is 2.69 bits per heavy atom. The zero-order valence-corrected chi connectivity index (χ0v) is 11.0. The van der Waals surface area contributed by atoms with Crippen LogP contribution in [0.5, 0.6) is 0 Å². The lowest BCUT2D eigenvalue weighted by Crippen LogP contribution is -2.49. The van der Waals surface area contributed by atoms with Gasteiger partial charge in [0.15, 0.2) is 0 Å². The van der Waals surface area contributed by atoms with Gasteiger partial charge in [0.25, 0.3) is 0 Å². The number of unbranched alkanes of at least 4 members (excludes halogenated alkanes) is 3. The van der Waals surface area contributed by atoms with Gasteiger partial charge < -0.3 is 5.32 Å². The van der Waals surface area contributed by atoms with E-state index in [0.29, 0.717) is 17.5 Å². The Kier molecular flexibility index (Phi) is 3.73. The van der Waals surface area contributed by atoms with E-state index in [4.69, 9.17) is 0 Å². The Bertz CT molecular complexity index is 252. The molecule has 2 rings (SSSR count). The highest BCUT2D eigenvalue weighted by atomic mass is 15.1. The first-order valence-electron chi connectivity index (χ1n) is 7.12. The van der Waals surface area contributed by atoms with Crippen molar-refractivity contribution in [2.75, 3.05) is 0 Å². The number of piperidine rings is 1. The number of nitrogens with one attached hydrogen (secondary N) is 1. The minimum atomic E-state index is 0.499. The molecule has 0 aromatic carbocycles. The maximum absolute atomic E-state index is 4.29. The highest BCUT2D eigenvalue weighted by molar-refractivity contribution is 5.20.